The summed E-state index contributed by atoms with van der Waals surface area (Å²) in [6, 6.07) is 1.26. The van der Waals surface area contributed by atoms with Crippen LogP contribution >= 0.6 is 23.4 Å². The van der Waals surface area contributed by atoms with Gasteiger partial charge in [-0.25, -0.2) is 19.3 Å². The number of pyridine rings is 1. The Bertz CT molecular complexity index is 894. The topological polar surface area (TPSA) is 53.9 Å². The number of fused-ring (bicyclic) bond motifs is 5. The Hall–Kier alpha value is -1.18. The molecular weight excluding hydrogens is 373 g/mol. The number of piperazine rings is 1. The first-order valence-electron chi connectivity index (χ1n) is 9.28. The number of hydrogen-bond donors (Lipinski definition) is 1. The Kier molecular flexibility index (Phi) is 4.03. The highest BCUT2D eigenvalue weighted by Gasteiger charge is 2.45. The average Bonchev–Trinajstić information content (AvgIpc) is 2.94. The average molecular weight is 394 g/mol. The molecule has 1 N–H and O–H groups in total. The van der Waals surface area contributed by atoms with Gasteiger partial charge in [0.15, 0.2) is 16.1 Å². The van der Waals surface area contributed by atoms with Gasteiger partial charge >= 0.3 is 0 Å². The van der Waals surface area contributed by atoms with E-state index in [0.717, 1.165) is 35.6 Å². The van der Waals surface area contributed by atoms with E-state index < -0.39 is 5.82 Å². The lowest BCUT2D eigenvalue weighted by Gasteiger charge is -2.43. The standard InChI is InChI=1S/C18H21ClFN5S/c1-3-26-18-23-14-12-11(22-16(19)13(14)20)6-8(2)15-10-5-4-9(21-10)7-25(15)17(12)24-18/h8-10,15,21H,3-7H2,1-2H3/t8-,9+,10-,15-/m0/s1. The van der Waals surface area contributed by atoms with Gasteiger partial charge in [0.2, 0.25) is 0 Å². The summed E-state index contributed by atoms with van der Waals surface area (Å²) in [7, 11) is 0. The highest BCUT2D eigenvalue weighted by Crippen LogP contribution is 2.42. The van der Waals surface area contributed by atoms with Crippen LogP contribution in [0.1, 0.15) is 32.4 Å². The number of anilines is 1. The largest absolute Gasteiger partial charge is 0.350 e. The van der Waals surface area contributed by atoms with Crippen LogP contribution in [0.4, 0.5) is 10.2 Å². The summed E-state index contributed by atoms with van der Waals surface area (Å²) in [5, 5.41) is 5.04. The molecule has 4 atom stereocenters. The molecule has 8 heteroatoms. The Morgan fingerprint density at radius 1 is 1.31 bits per heavy atom. The van der Waals surface area contributed by atoms with Gasteiger partial charge in [-0.05, 0) is 30.9 Å². The maximum atomic E-state index is 14.8. The molecule has 0 saturated carbocycles. The summed E-state index contributed by atoms with van der Waals surface area (Å²) < 4.78 is 14.8. The highest BCUT2D eigenvalue weighted by molar-refractivity contribution is 7.99. The zero-order valence-corrected chi connectivity index (χ0v) is 16.4. The maximum absolute atomic E-state index is 14.8. The van der Waals surface area contributed by atoms with E-state index in [1.54, 1.807) is 0 Å². The normalized spacial score (nSPS) is 29.8. The third kappa shape index (κ3) is 2.43. The van der Waals surface area contributed by atoms with Crippen molar-refractivity contribution in [1.29, 1.82) is 0 Å². The van der Waals surface area contributed by atoms with E-state index >= 15 is 0 Å². The van der Waals surface area contributed by atoms with Gasteiger partial charge in [0.25, 0.3) is 0 Å². The summed E-state index contributed by atoms with van der Waals surface area (Å²) in [4.78, 5) is 16.2. The van der Waals surface area contributed by atoms with Crippen LogP contribution in [-0.2, 0) is 6.42 Å². The van der Waals surface area contributed by atoms with Crippen LogP contribution in [0.2, 0.25) is 5.15 Å². The van der Waals surface area contributed by atoms with E-state index in [-0.39, 0.29) is 5.15 Å². The van der Waals surface area contributed by atoms with Crippen molar-refractivity contribution in [3.63, 3.8) is 0 Å². The molecule has 0 unspecified atom stereocenters. The maximum Gasteiger partial charge on any atom is 0.190 e. The molecule has 0 spiro atoms. The van der Waals surface area contributed by atoms with Crippen LogP contribution in [0.25, 0.3) is 10.9 Å². The second kappa shape index (κ2) is 6.17. The fourth-order valence-corrected chi connectivity index (χ4v) is 5.68. The fraction of sp³-hybridized carbons (Fsp3) is 0.611. The molecule has 26 heavy (non-hydrogen) atoms. The SMILES string of the molecule is CCSc1nc2c3c(nc(Cl)c(F)c3n1)C[C@H](C)[C@H]1[C@@H]3CC[C@H](CN21)N3. The lowest BCUT2D eigenvalue weighted by atomic mass is 9.89. The van der Waals surface area contributed by atoms with E-state index in [1.165, 1.54) is 24.6 Å². The summed E-state index contributed by atoms with van der Waals surface area (Å²) in [6.45, 7) is 5.20. The number of halogens is 2. The fourth-order valence-electron chi connectivity index (χ4n) is 4.92. The molecule has 0 aromatic carbocycles. The summed E-state index contributed by atoms with van der Waals surface area (Å²) in [5.74, 6) is 1.53. The van der Waals surface area contributed by atoms with Gasteiger partial charge in [-0.15, -0.1) is 0 Å². The minimum absolute atomic E-state index is 0.0867. The number of nitrogens with one attached hydrogen (secondary N) is 1. The van der Waals surface area contributed by atoms with E-state index in [1.807, 2.05) is 6.92 Å². The third-order valence-electron chi connectivity index (χ3n) is 5.89. The molecule has 2 aromatic heterocycles. The number of thioether (sulfide) groups is 1. The van der Waals surface area contributed by atoms with Crippen molar-refractivity contribution >= 4 is 40.1 Å². The first-order chi connectivity index (χ1) is 12.6. The zero-order chi connectivity index (χ0) is 18.0. The predicted molar refractivity (Wildman–Crippen MR) is 103 cm³/mol. The number of rotatable bonds is 2. The molecule has 2 saturated heterocycles. The van der Waals surface area contributed by atoms with Crippen molar-refractivity contribution in [2.24, 2.45) is 5.92 Å². The molecule has 2 fully saturated rings. The number of nitrogens with zero attached hydrogens (tertiary/aromatic N) is 4. The Balaban J connectivity index is 1.79. The van der Waals surface area contributed by atoms with E-state index in [9.17, 15) is 4.39 Å². The zero-order valence-electron chi connectivity index (χ0n) is 14.8. The predicted octanol–water partition coefficient (Wildman–Crippen LogP) is 3.43. The van der Waals surface area contributed by atoms with Crippen molar-refractivity contribution in [1.82, 2.24) is 20.3 Å². The summed E-state index contributed by atoms with van der Waals surface area (Å²) in [5.41, 5.74) is 1.15. The monoisotopic (exact) mass is 393 g/mol. The first-order valence-corrected chi connectivity index (χ1v) is 10.6. The second-order valence-corrected chi connectivity index (χ2v) is 9.11. The minimum Gasteiger partial charge on any atom is -0.350 e. The minimum atomic E-state index is -0.531. The molecule has 3 aliphatic heterocycles. The van der Waals surface area contributed by atoms with Crippen molar-refractivity contribution in [3.05, 3.63) is 16.7 Å². The van der Waals surface area contributed by atoms with Gasteiger partial charge in [-0.1, -0.05) is 37.2 Å². The molecule has 2 aromatic rings. The Morgan fingerprint density at radius 3 is 2.96 bits per heavy atom. The van der Waals surface area contributed by atoms with Gasteiger partial charge in [0.05, 0.1) is 11.1 Å². The summed E-state index contributed by atoms with van der Waals surface area (Å²) in [6.07, 6.45) is 3.13. The van der Waals surface area contributed by atoms with Gasteiger partial charge in [0.1, 0.15) is 11.3 Å². The van der Waals surface area contributed by atoms with Crippen LogP contribution < -0.4 is 10.2 Å². The van der Waals surface area contributed by atoms with Crippen molar-refractivity contribution < 1.29 is 4.39 Å². The smallest absolute Gasteiger partial charge is 0.190 e. The van der Waals surface area contributed by atoms with Gasteiger partial charge in [-0.2, -0.15) is 0 Å². The molecule has 0 aliphatic carbocycles. The quantitative estimate of drug-likeness (QED) is 0.479. The van der Waals surface area contributed by atoms with E-state index in [4.69, 9.17) is 16.6 Å². The lowest BCUT2D eigenvalue weighted by Crippen LogP contribution is -2.60. The number of aromatic nitrogens is 3. The molecule has 0 radical (unpaired) electrons. The third-order valence-corrected chi connectivity index (χ3v) is 6.87. The van der Waals surface area contributed by atoms with Gasteiger partial charge < -0.3 is 10.2 Å². The molecule has 5 rings (SSSR count). The van der Waals surface area contributed by atoms with E-state index in [0.29, 0.717) is 34.7 Å². The highest BCUT2D eigenvalue weighted by atomic mass is 35.5. The van der Waals surface area contributed by atoms with Crippen LogP contribution in [0.5, 0.6) is 0 Å². The van der Waals surface area contributed by atoms with Crippen molar-refractivity contribution in [3.8, 4) is 0 Å². The molecule has 3 aliphatic rings. The Morgan fingerprint density at radius 2 is 2.15 bits per heavy atom. The van der Waals surface area contributed by atoms with Crippen LogP contribution in [0.15, 0.2) is 5.16 Å². The molecule has 0 amide bonds. The molecule has 2 bridgehead atoms. The van der Waals surface area contributed by atoms with Crippen LogP contribution in [0, 0.1) is 11.7 Å². The second-order valence-electron chi connectivity index (χ2n) is 7.52. The van der Waals surface area contributed by atoms with E-state index in [2.05, 4.69) is 27.1 Å². The van der Waals surface area contributed by atoms with Gasteiger partial charge in [0, 0.05) is 24.7 Å². The molecule has 5 nitrogen and oxygen atoms in total. The van der Waals surface area contributed by atoms with Gasteiger partial charge in [-0.3, -0.25) is 0 Å². The van der Waals surface area contributed by atoms with Crippen molar-refractivity contribution in [2.45, 2.75) is 56.4 Å². The summed E-state index contributed by atoms with van der Waals surface area (Å²) >= 11 is 7.65. The van der Waals surface area contributed by atoms with Crippen LogP contribution in [0.3, 0.4) is 0 Å². The number of hydrogen-bond acceptors (Lipinski definition) is 6. The molecule has 138 valence electrons. The van der Waals surface area contributed by atoms with Crippen molar-refractivity contribution in [2.75, 3.05) is 17.2 Å². The lowest BCUT2D eigenvalue weighted by molar-refractivity contribution is 0.301. The molecule has 5 heterocycles. The first kappa shape index (κ1) is 17.0. The van der Waals surface area contributed by atoms with Crippen LogP contribution in [-0.4, -0.2) is 45.4 Å². The molecular formula is C18H21ClFN5S. The Labute approximate surface area is 161 Å².